The minimum Gasteiger partial charge on any atom is -0.486 e. The molecule has 2 aliphatic heterocycles. The molecular formula is C17H23N3O5. The summed E-state index contributed by atoms with van der Waals surface area (Å²) in [4.78, 5) is 26.1. The highest BCUT2D eigenvalue weighted by molar-refractivity contribution is 6.39. The van der Waals surface area contributed by atoms with Crippen LogP contribution in [0.5, 0.6) is 11.5 Å². The van der Waals surface area contributed by atoms with Crippen LogP contribution >= 0.6 is 0 Å². The van der Waals surface area contributed by atoms with Gasteiger partial charge < -0.3 is 24.8 Å². The van der Waals surface area contributed by atoms with Gasteiger partial charge in [-0.1, -0.05) is 0 Å². The Morgan fingerprint density at radius 3 is 2.56 bits per heavy atom. The monoisotopic (exact) mass is 349 g/mol. The largest absolute Gasteiger partial charge is 0.486 e. The lowest BCUT2D eigenvalue weighted by molar-refractivity contribution is -0.136. The summed E-state index contributed by atoms with van der Waals surface area (Å²) in [5, 5.41) is 5.21. The zero-order valence-corrected chi connectivity index (χ0v) is 14.1. The van der Waals surface area contributed by atoms with E-state index in [-0.39, 0.29) is 0 Å². The van der Waals surface area contributed by atoms with Crippen LogP contribution < -0.4 is 20.1 Å². The summed E-state index contributed by atoms with van der Waals surface area (Å²) in [7, 11) is 0. The fourth-order valence-electron chi connectivity index (χ4n) is 2.72. The van der Waals surface area contributed by atoms with Gasteiger partial charge in [0.05, 0.1) is 13.2 Å². The highest BCUT2D eigenvalue weighted by Gasteiger charge is 2.16. The van der Waals surface area contributed by atoms with Gasteiger partial charge in [0.25, 0.3) is 0 Å². The molecule has 136 valence electrons. The summed E-state index contributed by atoms with van der Waals surface area (Å²) in [6.07, 6.45) is 0.795. The quantitative estimate of drug-likeness (QED) is 0.585. The van der Waals surface area contributed by atoms with Gasteiger partial charge in [0, 0.05) is 31.4 Å². The molecule has 8 heteroatoms. The first kappa shape index (κ1) is 17.5. The number of ether oxygens (including phenoxy) is 3. The third-order valence-electron chi connectivity index (χ3n) is 4.05. The zero-order chi connectivity index (χ0) is 17.5. The van der Waals surface area contributed by atoms with Gasteiger partial charge in [0.15, 0.2) is 11.5 Å². The second kappa shape index (κ2) is 8.68. The van der Waals surface area contributed by atoms with Crippen molar-refractivity contribution in [2.75, 3.05) is 57.9 Å². The molecule has 1 aromatic rings. The first-order chi connectivity index (χ1) is 12.2. The van der Waals surface area contributed by atoms with Gasteiger partial charge in [0.1, 0.15) is 13.2 Å². The lowest BCUT2D eigenvalue weighted by Gasteiger charge is -2.26. The first-order valence-corrected chi connectivity index (χ1v) is 8.51. The number of nitrogens with zero attached hydrogens (tertiary/aromatic N) is 1. The average molecular weight is 349 g/mol. The molecule has 2 N–H and O–H groups in total. The van der Waals surface area contributed by atoms with Crippen molar-refractivity contribution in [2.45, 2.75) is 6.42 Å². The Balaban J connectivity index is 1.39. The minimum absolute atomic E-state index is 0.463. The highest BCUT2D eigenvalue weighted by Crippen LogP contribution is 2.32. The average Bonchev–Trinajstić information content (AvgIpc) is 2.65. The zero-order valence-electron chi connectivity index (χ0n) is 14.1. The maximum absolute atomic E-state index is 12.0. The molecule has 8 nitrogen and oxygen atoms in total. The Morgan fingerprint density at radius 1 is 1.00 bits per heavy atom. The number of hydrogen-bond donors (Lipinski definition) is 2. The second-order valence-electron chi connectivity index (χ2n) is 5.88. The van der Waals surface area contributed by atoms with Gasteiger partial charge in [-0.05, 0) is 25.1 Å². The lowest BCUT2D eigenvalue weighted by Crippen LogP contribution is -2.39. The Labute approximate surface area is 146 Å². The van der Waals surface area contributed by atoms with Crippen LogP contribution in [0.1, 0.15) is 6.42 Å². The topological polar surface area (TPSA) is 89.1 Å². The van der Waals surface area contributed by atoms with Crippen LogP contribution in [0.2, 0.25) is 0 Å². The van der Waals surface area contributed by atoms with Gasteiger partial charge in [-0.3, -0.25) is 14.5 Å². The van der Waals surface area contributed by atoms with E-state index < -0.39 is 11.8 Å². The lowest BCUT2D eigenvalue weighted by atomic mass is 10.2. The molecular weight excluding hydrogens is 326 g/mol. The fourth-order valence-corrected chi connectivity index (χ4v) is 2.72. The first-order valence-electron chi connectivity index (χ1n) is 8.51. The number of hydrogen-bond acceptors (Lipinski definition) is 6. The van der Waals surface area contributed by atoms with E-state index in [4.69, 9.17) is 14.2 Å². The van der Waals surface area contributed by atoms with Crippen LogP contribution in [0.4, 0.5) is 5.69 Å². The van der Waals surface area contributed by atoms with Crippen LogP contribution in [0.25, 0.3) is 0 Å². The van der Waals surface area contributed by atoms with E-state index >= 15 is 0 Å². The third-order valence-corrected chi connectivity index (χ3v) is 4.05. The summed E-state index contributed by atoms with van der Waals surface area (Å²) >= 11 is 0. The third kappa shape index (κ3) is 5.07. The highest BCUT2D eigenvalue weighted by atomic mass is 16.6. The number of morpholine rings is 1. The van der Waals surface area contributed by atoms with Crippen molar-refractivity contribution in [3.8, 4) is 11.5 Å². The maximum atomic E-state index is 12.0. The smallest absolute Gasteiger partial charge is 0.313 e. The molecule has 1 fully saturated rings. The number of carbonyl (C=O) groups is 2. The molecule has 2 amide bonds. The van der Waals surface area contributed by atoms with E-state index in [9.17, 15) is 9.59 Å². The standard InChI is InChI=1S/C17H23N3O5/c21-16(18-4-1-5-20-6-8-23-9-7-20)17(22)19-13-2-3-14-15(12-13)25-11-10-24-14/h2-3,12H,1,4-11H2,(H,18,21)(H,19,22). The normalized spacial score (nSPS) is 17.0. The van der Waals surface area contributed by atoms with Crippen molar-refractivity contribution in [2.24, 2.45) is 0 Å². The Kier molecular flexibility index (Phi) is 6.08. The molecule has 1 aromatic carbocycles. The van der Waals surface area contributed by atoms with Crippen LogP contribution in [0.15, 0.2) is 18.2 Å². The number of benzene rings is 1. The van der Waals surface area contributed by atoms with Crippen LogP contribution in [0, 0.1) is 0 Å². The molecule has 0 saturated carbocycles. The van der Waals surface area contributed by atoms with E-state index in [0.717, 1.165) is 39.3 Å². The van der Waals surface area contributed by atoms with Gasteiger partial charge >= 0.3 is 11.8 Å². The molecule has 2 aliphatic rings. The molecule has 1 saturated heterocycles. The summed E-state index contributed by atoms with van der Waals surface area (Å²) < 4.78 is 16.2. The van der Waals surface area contributed by atoms with Crippen molar-refractivity contribution in [3.63, 3.8) is 0 Å². The SMILES string of the molecule is O=C(NCCCN1CCOCC1)C(=O)Nc1ccc2c(c1)OCCO2. The van der Waals surface area contributed by atoms with Gasteiger partial charge in [-0.2, -0.15) is 0 Å². The minimum atomic E-state index is -0.692. The molecule has 3 rings (SSSR count). The number of carbonyl (C=O) groups excluding carboxylic acids is 2. The number of amides is 2. The van der Waals surface area contributed by atoms with Gasteiger partial charge in [-0.25, -0.2) is 0 Å². The summed E-state index contributed by atoms with van der Waals surface area (Å²) in [5.41, 5.74) is 0.498. The van der Waals surface area contributed by atoms with E-state index in [2.05, 4.69) is 15.5 Å². The molecule has 0 atom stereocenters. The molecule has 0 spiro atoms. The Hall–Kier alpha value is -2.32. The predicted molar refractivity (Wildman–Crippen MR) is 90.9 cm³/mol. The number of anilines is 1. The van der Waals surface area contributed by atoms with Crippen molar-refractivity contribution in [1.29, 1.82) is 0 Å². The van der Waals surface area contributed by atoms with Gasteiger partial charge in [0.2, 0.25) is 0 Å². The van der Waals surface area contributed by atoms with Gasteiger partial charge in [-0.15, -0.1) is 0 Å². The van der Waals surface area contributed by atoms with Crippen molar-refractivity contribution >= 4 is 17.5 Å². The molecule has 25 heavy (non-hydrogen) atoms. The van der Waals surface area contributed by atoms with E-state index in [1.165, 1.54) is 0 Å². The van der Waals surface area contributed by atoms with E-state index in [1.54, 1.807) is 18.2 Å². The van der Waals surface area contributed by atoms with Crippen LogP contribution in [-0.2, 0) is 14.3 Å². The Morgan fingerprint density at radius 2 is 1.76 bits per heavy atom. The van der Waals surface area contributed by atoms with Crippen molar-refractivity contribution < 1.29 is 23.8 Å². The molecule has 0 aliphatic carbocycles. The molecule has 0 bridgehead atoms. The second-order valence-corrected chi connectivity index (χ2v) is 5.88. The molecule has 0 unspecified atom stereocenters. The number of nitrogens with one attached hydrogen (secondary N) is 2. The van der Waals surface area contributed by atoms with Crippen molar-refractivity contribution in [3.05, 3.63) is 18.2 Å². The fraction of sp³-hybridized carbons (Fsp3) is 0.529. The summed E-state index contributed by atoms with van der Waals surface area (Å²) in [5.74, 6) is -0.133. The maximum Gasteiger partial charge on any atom is 0.313 e. The van der Waals surface area contributed by atoms with Crippen molar-refractivity contribution in [1.82, 2.24) is 10.2 Å². The summed E-state index contributed by atoms with van der Waals surface area (Å²) in [6.45, 7) is 5.66. The predicted octanol–water partition coefficient (Wildman–Crippen LogP) is 0.235. The number of fused-ring (bicyclic) bond motifs is 1. The van der Waals surface area contributed by atoms with Crippen LogP contribution in [0.3, 0.4) is 0 Å². The van der Waals surface area contributed by atoms with E-state index in [0.29, 0.717) is 36.9 Å². The van der Waals surface area contributed by atoms with Crippen LogP contribution in [-0.4, -0.2) is 69.3 Å². The molecule has 0 aromatic heterocycles. The number of rotatable bonds is 5. The Bertz CT molecular complexity index is 616. The molecule has 2 heterocycles. The molecule has 0 radical (unpaired) electrons. The summed E-state index contributed by atoms with van der Waals surface area (Å²) in [6, 6.07) is 5.04. The van der Waals surface area contributed by atoms with E-state index in [1.807, 2.05) is 0 Å².